The smallest absolute Gasteiger partial charge is 0.0794 e. The van der Waals surface area contributed by atoms with Gasteiger partial charge in [-0.15, -0.1) is 11.3 Å². The summed E-state index contributed by atoms with van der Waals surface area (Å²) in [4.78, 5) is 4.28. The highest BCUT2D eigenvalue weighted by Gasteiger charge is 2.12. The molecule has 1 N–H and O–H groups in total. The van der Waals surface area contributed by atoms with Crippen molar-refractivity contribution in [2.75, 3.05) is 13.1 Å². The van der Waals surface area contributed by atoms with Gasteiger partial charge >= 0.3 is 0 Å². The molecule has 0 spiro atoms. The fraction of sp³-hybridized carbons (Fsp3) is 0.769. The van der Waals surface area contributed by atoms with Crippen molar-refractivity contribution in [2.24, 2.45) is 5.92 Å². The predicted octanol–water partition coefficient (Wildman–Crippen LogP) is 3.25. The molecule has 1 heterocycles. The average Bonchev–Trinajstić information content (AvgIpc) is 2.83. The second-order valence-electron chi connectivity index (χ2n) is 4.77. The van der Waals surface area contributed by atoms with Gasteiger partial charge in [-0.2, -0.15) is 0 Å². The van der Waals surface area contributed by atoms with Gasteiger partial charge in [-0.3, -0.25) is 0 Å². The summed E-state index contributed by atoms with van der Waals surface area (Å²) in [5.74, 6) is 1.00. The minimum absolute atomic E-state index is 1.00. The molecule has 1 aliphatic rings. The molecule has 16 heavy (non-hydrogen) atoms. The predicted molar refractivity (Wildman–Crippen MR) is 69.9 cm³/mol. The Bertz CT molecular complexity index is 265. The number of aromatic nitrogens is 1. The second kappa shape index (κ2) is 7.02. The Labute approximate surface area is 102 Å². The molecule has 0 amide bonds. The van der Waals surface area contributed by atoms with Crippen molar-refractivity contribution in [3.8, 4) is 0 Å². The van der Waals surface area contributed by atoms with Gasteiger partial charge in [-0.1, -0.05) is 32.1 Å². The summed E-state index contributed by atoms with van der Waals surface area (Å²) in [5.41, 5.74) is 3.15. The van der Waals surface area contributed by atoms with Gasteiger partial charge in [0, 0.05) is 18.3 Å². The van der Waals surface area contributed by atoms with E-state index in [-0.39, 0.29) is 0 Å². The Kier molecular flexibility index (Phi) is 5.29. The summed E-state index contributed by atoms with van der Waals surface area (Å²) in [7, 11) is 0. The fourth-order valence-corrected chi connectivity index (χ4v) is 3.08. The maximum absolute atomic E-state index is 4.28. The topological polar surface area (TPSA) is 24.9 Å². The lowest BCUT2D eigenvalue weighted by atomic mass is 9.87. The van der Waals surface area contributed by atoms with Crippen molar-refractivity contribution in [1.82, 2.24) is 10.3 Å². The molecule has 0 saturated heterocycles. The first-order valence-electron chi connectivity index (χ1n) is 6.53. The van der Waals surface area contributed by atoms with E-state index in [1.807, 2.05) is 5.51 Å². The molecule has 0 radical (unpaired) electrons. The van der Waals surface area contributed by atoms with Crippen LogP contribution in [-0.4, -0.2) is 18.1 Å². The average molecular weight is 238 g/mol. The lowest BCUT2D eigenvalue weighted by molar-refractivity contribution is 0.334. The van der Waals surface area contributed by atoms with Crippen LogP contribution in [0.15, 0.2) is 10.9 Å². The van der Waals surface area contributed by atoms with E-state index < -0.39 is 0 Å². The Morgan fingerprint density at radius 3 is 2.88 bits per heavy atom. The van der Waals surface area contributed by atoms with E-state index in [2.05, 4.69) is 15.7 Å². The molecule has 90 valence electrons. The molecular formula is C13H22N2S. The highest BCUT2D eigenvalue weighted by atomic mass is 32.1. The van der Waals surface area contributed by atoms with Crippen LogP contribution >= 0.6 is 11.3 Å². The van der Waals surface area contributed by atoms with Crippen molar-refractivity contribution in [2.45, 2.75) is 44.9 Å². The minimum Gasteiger partial charge on any atom is -0.316 e. The van der Waals surface area contributed by atoms with Crippen molar-refractivity contribution >= 4 is 11.3 Å². The van der Waals surface area contributed by atoms with Gasteiger partial charge in [-0.05, 0) is 18.9 Å². The molecule has 1 aromatic heterocycles. The molecule has 2 rings (SSSR count). The Morgan fingerprint density at radius 2 is 2.12 bits per heavy atom. The van der Waals surface area contributed by atoms with Crippen LogP contribution in [-0.2, 0) is 6.42 Å². The molecule has 0 atom stereocenters. The molecule has 0 aromatic carbocycles. The van der Waals surface area contributed by atoms with E-state index in [0.29, 0.717) is 0 Å². The summed E-state index contributed by atoms with van der Waals surface area (Å²) in [5, 5.41) is 5.68. The Hall–Kier alpha value is -0.410. The summed E-state index contributed by atoms with van der Waals surface area (Å²) in [6.07, 6.45) is 9.77. The molecule has 1 aliphatic carbocycles. The first kappa shape index (κ1) is 12.1. The third-order valence-electron chi connectivity index (χ3n) is 3.50. The van der Waals surface area contributed by atoms with Gasteiger partial charge in [-0.25, -0.2) is 4.98 Å². The number of hydrogen-bond donors (Lipinski definition) is 1. The maximum Gasteiger partial charge on any atom is 0.0794 e. The van der Waals surface area contributed by atoms with Crippen molar-refractivity contribution in [3.05, 3.63) is 16.6 Å². The molecule has 1 fully saturated rings. The number of nitrogens with zero attached hydrogens (tertiary/aromatic N) is 1. The van der Waals surface area contributed by atoms with Crippen molar-refractivity contribution in [1.29, 1.82) is 0 Å². The molecule has 3 heteroatoms. The standard InChI is InChI=1S/C13H22N2S/c1-2-4-12(5-3-1)6-8-14-9-7-13-10-16-11-15-13/h10-12,14H,1-9H2. The van der Waals surface area contributed by atoms with Crippen LogP contribution in [0.4, 0.5) is 0 Å². The fourth-order valence-electron chi connectivity index (χ4n) is 2.48. The number of hydrogen-bond acceptors (Lipinski definition) is 3. The van der Waals surface area contributed by atoms with Crippen LogP contribution < -0.4 is 5.32 Å². The lowest BCUT2D eigenvalue weighted by Gasteiger charge is -2.21. The third kappa shape index (κ3) is 4.22. The highest BCUT2D eigenvalue weighted by molar-refractivity contribution is 7.07. The molecule has 1 saturated carbocycles. The zero-order valence-electron chi connectivity index (χ0n) is 9.95. The number of nitrogens with one attached hydrogen (secondary N) is 1. The zero-order valence-corrected chi connectivity index (χ0v) is 10.8. The van der Waals surface area contributed by atoms with E-state index in [9.17, 15) is 0 Å². The van der Waals surface area contributed by atoms with E-state index in [4.69, 9.17) is 0 Å². The molecule has 0 aliphatic heterocycles. The first-order chi connectivity index (χ1) is 7.95. The van der Waals surface area contributed by atoms with E-state index >= 15 is 0 Å². The van der Waals surface area contributed by atoms with E-state index in [1.54, 1.807) is 11.3 Å². The van der Waals surface area contributed by atoms with Crippen molar-refractivity contribution in [3.63, 3.8) is 0 Å². The van der Waals surface area contributed by atoms with Crippen LogP contribution in [0.1, 0.15) is 44.2 Å². The summed E-state index contributed by atoms with van der Waals surface area (Å²) < 4.78 is 0. The highest BCUT2D eigenvalue weighted by Crippen LogP contribution is 2.25. The number of rotatable bonds is 6. The Balaban J connectivity index is 1.48. The monoisotopic (exact) mass is 238 g/mol. The summed E-state index contributed by atoms with van der Waals surface area (Å²) >= 11 is 1.69. The van der Waals surface area contributed by atoms with Gasteiger partial charge in [0.1, 0.15) is 0 Å². The minimum atomic E-state index is 1.00. The van der Waals surface area contributed by atoms with Gasteiger partial charge < -0.3 is 5.32 Å². The molecule has 0 bridgehead atoms. The van der Waals surface area contributed by atoms with E-state index in [1.165, 1.54) is 50.8 Å². The van der Waals surface area contributed by atoms with Crippen molar-refractivity contribution < 1.29 is 0 Å². The van der Waals surface area contributed by atoms with Crippen LogP contribution in [0.5, 0.6) is 0 Å². The normalized spacial score (nSPS) is 17.8. The molecule has 2 nitrogen and oxygen atoms in total. The van der Waals surface area contributed by atoms with Gasteiger partial charge in [0.05, 0.1) is 11.2 Å². The quantitative estimate of drug-likeness (QED) is 0.770. The van der Waals surface area contributed by atoms with Crippen LogP contribution in [0.3, 0.4) is 0 Å². The SMILES string of the molecule is c1nc(CCNCCC2CCCCC2)cs1. The lowest BCUT2D eigenvalue weighted by Crippen LogP contribution is -2.21. The van der Waals surface area contributed by atoms with Gasteiger partial charge in [0.2, 0.25) is 0 Å². The Morgan fingerprint density at radius 1 is 1.25 bits per heavy atom. The van der Waals surface area contributed by atoms with Crippen LogP contribution in [0, 0.1) is 5.92 Å². The van der Waals surface area contributed by atoms with Gasteiger partial charge in [0.15, 0.2) is 0 Å². The van der Waals surface area contributed by atoms with Gasteiger partial charge in [0.25, 0.3) is 0 Å². The van der Waals surface area contributed by atoms with Crippen LogP contribution in [0.25, 0.3) is 0 Å². The molecule has 1 aromatic rings. The van der Waals surface area contributed by atoms with Crippen LogP contribution in [0.2, 0.25) is 0 Å². The first-order valence-corrected chi connectivity index (χ1v) is 7.47. The third-order valence-corrected chi connectivity index (χ3v) is 4.13. The maximum atomic E-state index is 4.28. The van der Waals surface area contributed by atoms with E-state index in [0.717, 1.165) is 18.9 Å². The molecule has 0 unspecified atom stereocenters. The largest absolute Gasteiger partial charge is 0.316 e. The molecular weight excluding hydrogens is 216 g/mol. The summed E-state index contributed by atoms with van der Waals surface area (Å²) in [6.45, 7) is 2.27. The summed E-state index contributed by atoms with van der Waals surface area (Å²) in [6, 6.07) is 0. The number of thiazole rings is 1. The second-order valence-corrected chi connectivity index (χ2v) is 5.49. The zero-order chi connectivity index (χ0) is 11.1.